The first-order valence-corrected chi connectivity index (χ1v) is 6.59. The van der Waals surface area contributed by atoms with Crippen LogP contribution in [-0.2, 0) is 4.79 Å². The molecule has 1 saturated heterocycles. The van der Waals surface area contributed by atoms with E-state index >= 15 is 0 Å². The van der Waals surface area contributed by atoms with E-state index in [2.05, 4.69) is 0 Å². The lowest BCUT2D eigenvalue weighted by molar-refractivity contribution is -0.136. The third kappa shape index (κ3) is 2.60. The molecule has 2 rings (SSSR count). The van der Waals surface area contributed by atoms with Crippen molar-refractivity contribution in [2.75, 3.05) is 19.6 Å². The van der Waals surface area contributed by atoms with Gasteiger partial charge in [0.25, 0.3) is 0 Å². The van der Waals surface area contributed by atoms with Gasteiger partial charge in [0.15, 0.2) is 0 Å². The van der Waals surface area contributed by atoms with E-state index in [1.54, 1.807) is 0 Å². The predicted molar refractivity (Wildman–Crippen MR) is 67.3 cm³/mol. The lowest BCUT2D eigenvalue weighted by Gasteiger charge is -2.46. The molecule has 2 fully saturated rings. The van der Waals surface area contributed by atoms with Crippen LogP contribution >= 0.6 is 0 Å². The van der Waals surface area contributed by atoms with Crippen LogP contribution in [0.25, 0.3) is 0 Å². The number of amides is 2. The van der Waals surface area contributed by atoms with Gasteiger partial charge in [-0.2, -0.15) is 0 Å². The third-order valence-electron chi connectivity index (χ3n) is 3.86. The van der Waals surface area contributed by atoms with Gasteiger partial charge in [0.2, 0.25) is 5.91 Å². The summed E-state index contributed by atoms with van der Waals surface area (Å²) in [5.74, 6) is 0.427. The number of nitrogens with zero attached hydrogens (tertiary/aromatic N) is 2. The Balaban J connectivity index is 2.09. The first kappa shape index (κ1) is 13.2. The Bertz CT molecular complexity index is 358. The van der Waals surface area contributed by atoms with Crippen molar-refractivity contribution < 1.29 is 14.7 Å². The highest BCUT2D eigenvalue weighted by atomic mass is 16.4. The summed E-state index contributed by atoms with van der Waals surface area (Å²) >= 11 is 0. The number of hydrogen-bond acceptors (Lipinski definition) is 2. The molecule has 1 heterocycles. The molecule has 5 nitrogen and oxygen atoms in total. The molecule has 0 aromatic heterocycles. The molecule has 2 aliphatic rings. The molecule has 0 aromatic rings. The number of hydrogen-bond donors (Lipinski definition) is 1. The molecule has 1 N–H and O–H groups in total. The second-order valence-corrected chi connectivity index (χ2v) is 6.42. The van der Waals surface area contributed by atoms with E-state index in [4.69, 9.17) is 0 Å². The van der Waals surface area contributed by atoms with Crippen molar-refractivity contribution in [3.8, 4) is 0 Å². The van der Waals surface area contributed by atoms with Gasteiger partial charge in [0.1, 0.15) is 0 Å². The van der Waals surface area contributed by atoms with Gasteiger partial charge in [-0.25, -0.2) is 4.79 Å². The number of piperazine rings is 1. The van der Waals surface area contributed by atoms with Gasteiger partial charge in [-0.05, 0) is 18.3 Å². The molecule has 1 saturated carbocycles. The Labute approximate surface area is 108 Å². The second-order valence-electron chi connectivity index (χ2n) is 6.42. The fourth-order valence-corrected chi connectivity index (χ4v) is 2.54. The number of carboxylic acid groups (broad SMARTS) is 1. The standard InChI is InChI=1S/C13H22N2O3/c1-13(2,3)10-8-14(11(16)9-4-5-9)6-7-15(10)12(17)18/h9-10H,4-8H2,1-3H3,(H,17,18). The molecular weight excluding hydrogens is 232 g/mol. The summed E-state index contributed by atoms with van der Waals surface area (Å²) < 4.78 is 0. The van der Waals surface area contributed by atoms with Crippen LogP contribution in [0.1, 0.15) is 33.6 Å². The van der Waals surface area contributed by atoms with Gasteiger partial charge in [-0.3, -0.25) is 4.79 Å². The van der Waals surface area contributed by atoms with Crippen LogP contribution < -0.4 is 0 Å². The zero-order valence-corrected chi connectivity index (χ0v) is 11.3. The summed E-state index contributed by atoms with van der Waals surface area (Å²) in [4.78, 5) is 26.7. The molecule has 1 unspecified atom stereocenters. The summed E-state index contributed by atoms with van der Waals surface area (Å²) in [6.45, 7) is 7.57. The van der Waals surface area contributed by atoms with Crippen molar-refractivity contribution in [2.45, 2.75) is 39.7 Å². The molecule has 1 atom stereocenters. The zero-order valence-electron chi connectivity index (χ0n) is 11.3. The number of carbonyl (C=O) groups excluding carboxylic acids is 1. The van der Waals surface area contributed by atoms with Gasteiger partial charge in [0, 0.05) is 25.6 Å². The summed E-state index contributed by atoms with van der Waals surface area (Å²) in [6, 6.07) is -0.119. The summed E-state index contributed by atoms with van der Waals surface area (Å²) in [5.41, 5.74) is -0.152. The number of carbonyl (C=O) groups is 2. The minimum Gasteiger partial charge on any atom is -0.465 e. The lowest BCUT2D eigenvalue weighted by atomic mass is 9.84. The second kappa shape index (κ2) is 4.44. The predicted octanol–water partition coefficient (Wildman–Crippen LogP) is 1.63. The molecule has 0 radical (unpaired) electrons. The minimum atomic E-state index is -0.881. The summed E-state index contributed by atoms with van der Waals surface area (Å²) in [5, 5.41) is 9.24. The fourth-order valence-electron chi connectivity index (χ4n) is 2.54. The van der Waals surface area contributed by atoms with Crippen molar-refractivity contribution in [3.05, 3.63) is 0 Å². The Hall–Kier alpha value is -1.26. The van der Waals surface area contributed by atoms with Crippen LogP contribution in [0.4, 0.5) is 4.79 Å². The van der Waals surface area contributed by atoms with E-state index in [0.29, 0.717) is 19.6 Å². The fraction of sp³-hybridized carbons (Fsp3) is 0.846. The SMILES string of the molecule is CC(C)(C)C1CN(C(=O)C2CC2)CCN1C(=O)O. The molecule has 102 valence electrons. The highest BCUT2D eigenvalue weighted by Gasteiger charge is 2.42. The molecule has 5 heteroatoms. The van der Waals surface area contributed by atoms with Gasteiger partial charge in [-0.15, -0.1) is 0 Å². The Morgan fingerprint density at radius 3 is 2.22 bits per heavy atom. The molecule has 1 aliphatic heterocycles. The van der Waals surface area contributed by atoms with E-state index in [0.717, 1.165) is 12.8 Å². The summed E-state index contributed by atoms with van der Waals surface area (Å²) in [6.07, 6.45) is 1.12. The maximum absolute atomic E-state index is 12.1. The van der Waals surface area contributed by atoms with Crippen LogP contribution in [0.15, 0.2) is 0 Å². The molecule has 0 aromatic carbocycles. The van der Waals surface area contributed by atoms with E-state index in [1.165, 1.54) is 4.90 Å². The van der Waals surface area contributed by atoms with Crippen molar-refractivity contribution in [1.82, 2.24) is 9.80 Å². The topological polar surface area (TPSA) is 60.9 Å². The third-order valence-corrected chi connectivity index (χ3v) is 3.86. The first-order valence-electron chi connectivity index (χ1n) is 6.59. The number of rotatable bonds is 1. The van der Waals surface area contributed by atoms with Crippen LogP contribution in [0.2, 0.25) is 0 Å². The van der Waals surface area contributed by atoms with Crippen LogP contribution in [-0.4, -0.2) is 52.6 Å². The normalized spacial score (nSPS) is 25.2. The quantitative estimate of drug-likeness (QED) is 0.773. The maximum Gasteiger partial charge on any atom is 0.407 e. The zero-order chi connectivity index (χ0) is 13.5. The van der Waals surface area contributed by atoms with Crippen molar-refractivity contribution >= 4 is 12.0 Å². The monoisotopic (exact) mass is 254 g/mol. The molecule has 0 spiro atoms. The van der Waals surface area contributed by atoms with Crippen molar-refractivity contribution in [1.29, 1.82) is 0 Å². The average molecular weight is 254 g/mol. The van der Waals surface area contributed by atoms with E-state index in [-0.39, 0.29) is 23.3 Å². The Morgan fingerprint density at radius 2 is 1.78 bits per heavy atom. The largest absolute Gasteiger partial charge is 0.465 e. The van der Waals surface area contributed by atoms with Gasteiger partial charge in [0.05, 0.1) is 6.04 Å². The minimum absolute atomic E-state index is 0.119. The van der Waals surface area contributed by atoms with Crippen LogP contribution in [0.5, 0.6) is 0 Å². The maximum atomic E-state index is 12.1. The average Bonchev–Trinajstić information content (AvgIpc) is 3.09. The van der Waals surface area contributed by atoms with Gasteiger partial charge < -0.3 is 14.9 Å². The van der Waals surface area contributed by atoms with Gasteiger partial charge >= 0.3 is 6.09 Å². The first-order chi connectivity index (χ1) is 8.30. The van der Waals surface area contributed by atoms with E-state index in [1.807, 2.05) is 25.7 Å². The van der Waals surface area contributed by atoms with Crippen molar-refractivity contribution in [3.63, 3.8) is 0 Å². The molecule has 0 bridgehead atoms. The van der Waals surface area contributed by atoms with Gasteiger partial charge in [-0.1, -0.05) is 20.8 Å². The van der Waals surface area contributed by atoms with Crippen molar-refractivity contribution in [2.24, 2.45) is 11.3 Å². The molecular formula is C13H22N2O3. The smallest absolute Gasteiger partial charge is 0.407 e. The highest BCUT2D eigenvalue weighted by Crippen LogP contribution is 2.33. The molecule has 1 aliphatic carbocycles. The Kier molecular flexibility index (Phi) is 3.25. The molecule has 2 amide bonds. The Morgan fingerprint density at radius 1 is 1.17 bits per heavy atom. The van der Waals surface area contributed by atoms with E-state index in [9.17, 15) is 14.7 Å². The van der Waals surface area contributed by atoms with E-state index < -0.39 is 6.09 Å². The van der Waals surface area contributed by atoms with Crippen LogP contribution in [0.3, 0.4) is 0 Å². The highest BCUT2D eigenvalue weighted by molar-refractivity contribution is 5.81. The molecule has 18 heavy (non-hydrogen) atoms. The van der Waals surface area contributed by atoms with Crippen LogP contribution in [0, 0.1) is 11.3 Å². The summed E-state index contributed by atoms with van der Waals surface area (Å²) in [7, 11) is 0. The lowest BCUT2D eigenvalue weighted by Crippen LogP contribution is -2.60.